The maximum Gasteiger partial charge on any atom is 0.126 e. The monoisotopic (exact) mass is 1020 g/mol. The van der Waals surface area contributed by atoms with Gasteiger partial charge < -0.3 is 14.0 Å². The fraction of sp³-hybridized carbons (Fsp3) is 0.138. The van der Waals surface area contributed by atoms with Gasteiger partial charge in [0.25, 0.3) is 0 Å². The minimum Gasteiger partial charge on any atom is -0.500 e. The first-order chi connectivity index (χ1) is 33.6. The molecule has 317 valence electrons. The molecule has 8 aromatic carbocycles. The first-order valence-electron chi connectivity index (χ1n) is 24.7. The molecule has 6 heteroatoms. The molecule has 0 aliphatic rings. The van der Waals surface area contributed by atoms with Crippen molar-refractivity contribution in [2.45, 2.75) is 53.2 Å². The maximum atomic E-state index is 14.3. The Morgan fingerprint density at radius 1 is 0.672 bits per heavy atom. The molecule has 0 aliphatic heterocycles. The van der Waals surface area contributed by atoms with E-state index in [2.05, 4.69) is 88.4 Å². The second-order valence-electron chi connectivity index (χ2n) is 16.2. The number of aryl methyl sites for hydroxylation is 2. The van der Waals surface area contributed by atoms with Crippen LogP contribution in [0.3, 0.4) is 0 Å². The van der Waals surface area contributed by atoms with Crippen molar-refractivity contribution in [1.29, 1.82) is 0 Å². The summed E-state index contributed by atoms with van der Waals surface area (Å²) in [6, 6.07) is 53.5. The number of aromatic nitrogens is 3. The number of hydrogen-bond donors (Lipinski definition) is 0. The normalized spacial score (nSPS) is 14.1. The Morgan fingerprint density at radius 3 is 2.16 bits per heavy atom. The smallest absolute Gasteiger partial charge is 0.126 e. The Kier molecular flexibility index (Phi) is 9.21. The van der Waals surface area contributed by atoms with E-state index in [1.165, 1.54) is 52.7 Å². The van der Waals surface area contributed by atoms with Crippen LogP contribution in [-0.2, 0) is 20.1 Å². The van der Waals surface area contributed by atoms with Crippen LogP contribution < -0.4 is 0 Å². The zero-order valence-electron chi connectivity index (χ0n) is 43.5. The Labute approximate surface area is 398 Å². The summed E-state index contributed by atoms with van der Waals surface area (Å²) in [5.74, 6) is -1.92. The first-order valence-corrected chi connectivity index (χ1v) is 20.7. The SMILES string of the molecule is [2H]C(C)(C)c1cc(-c2ccc3c(ccc4ccccc43)c2)cc(C([2H])(C)C)c1-n1c(-c2[c-]ccc3c2oc2cc(F)ccc23)nc2ccccc21.[2H]C([2H])([2H])c1c[c-]c(-c2ccc(C([2H])([2H])[2H])cn2)cc1.[Ir]. The molecular formula is C58H46FIrN3O-2. The Bertz CT molecular complexity index is 3740. The molecule has 11 rings (SSSR count). The molecule has 3 heterocycles. The number of pyridine rings is 1. The van der Waals surface area contributed by atoms with E-state index in [0.717, 1.165) is 55.1 Å². The Hall–Kier alpha value is -6.72. The molecule has 64 heavy (non-hydrogen) atoms. The molecule has 0 N–H and O–H groups in total. The Morgan fingerprint density at radius 2 is 1.41 bits per heavy atom. The van der Waals surface area contributed by atoms with Crippen LogP contribution >= 0.6 is 0 Å². The van der Waals surface area contributed by atoms with Gasteiger partial charge in [0.2, 0.25) is 0 Å². The quantitative estimate of drug-likeness (QED) is 0.123. The van der Waals surface area contributed by atoms with E-state index in [0.29, 0.717) is 33.8 Å². The number of fused-ring (bicyclic) bond motifs is 7. The zero-order chi connectivity index (χ0) is 50.2. The van der Waals surface area contributed by atoms with Crippen molar-refractivity contribution in [3.05, 3.63) is 198 Å². The predicted octanol–water partition coefficient (Wildman–Crippen LogP) is 15.9. The molecule has 0 aliphatic carbocycles. The van der Waals surface area contributed by atoms with Gasteiger partial charge in [0, 0.05) is 54.4 Å². The third-order valence-corrected chi connectivity index (χ3v) is 11.5. The number of nitrogens with zero attached hydrogens (tertiary/aromatic N) is 3. The average molecular weight is 1020 g/mol. The Balaban J connectivity index is 0.000000257. The van der Waals surface area contributed by atoms with Gasteiger partial charge >= 0.3 is 0 Å². The van der Waals surface area contributed by atoms with E-state index < -0.39 is 25.5 Å². The number of halogens is 1. The molecule has 0 atom stereocenters. The van der Waals surface area contributed by atoms with Crippen molar-refractivity contribution in [1.82, 2.24) is 14.5 Å². The largest absolute Gasteiger partial charge is 0.500 e. The molecule has 0 saturated heterocycles. The van der Waals surface area contributed by atoms with Crippen molar-refractivity contribution >= 4 is 54.5 Å². The van der Waals surface area contributed by atoms with Crippen LogP contribution in [-0.4, -0.2) is 14.5 Å². The number of para-hydroxylation sites is 2. The third kappa shape index (κ3) is 7.82. The van der Waals surface area contributed by atoms with Crippen LogP contribution in [0.4, 0.5) is 4.39 Å². The summed E-state index contributed by atoms with van der Waals surface area (Å²) in [5, 5.41) is 6.36. The predicted molar refractivity (Wildman–Crippen MR) is 259 cm³/mol. The van der Waals surface area contributed by atoms with Crippen LogP contribution in [0.5, 0.6) is 0 Å². The van der Waals surface area contributed by atoms with E-state index >= 15 is 0 Å². The summed E-state index contributed by atoms with van der Waals surface area (Å²) in [7, 11) is 0. The van der Waals surface area contributed by atoms with Gasteiger partial charge in [0.05, 0.1) is 22.4 Å². The third-order valence-electron chi connectivity index (χ3n) is 11.5. The van der Waals surface area contributed by atoms with Gasteiger partial charge in [-0.25, -0.2) is 4.39 Å². The summed E-state index contributed by atoms with van der Waals surface area (Å²) in [4.78, 5) is 9.23. The summed E-state index contributed by atoms with van der Waals surface area (Å²) >= 11 is 0. The van der Waals surface area contributed by atoms with Gasteiger partial charge in [0.1, 0.15) is 11.4 Å². The van der Waals surface area contributed by atoms with Gasteiger partial charge in [-0.1, -0.05) is 118 Å². The maximum absolute atomic E-state index is 14.3. The minimum absolute atomic E-state index is 0. The molecule has 4 nitrogen and oxygen atoms in total. The van der Waals surface area contributed by atoms with Crippen molar-refractivity contribution < 1.29 is 39.9 Å². The van der Waals surface area contributed by atoms with Crippen LogP contribution in [0.1, 0.15) is 72.7 Å². The van der Waals surface area contributed by atoms with Crippen molar-refractivity contribution in [2.24, 2.45) is 0 Å². The number of benzene rings is 8. The van der Waals surface area contributed by atoms with E-state index in [1.54, 1.807) is 18.2 Å². The van der Waals surface area contributed by atoms with Crippen LogP contribution in [0.25, 0.3) is 94.0 Å². The van der Waals surface area contributed by atoms with Crippen molar-refractivity contribution in [2.75, 3.05) is 0 Å². The first kappa shape index (κ1) is 33.8. The fourth-order valence-electron chi connectivity index (χ4n) is 8.44. The van der Waals surface area contributed by atoms with Gasteiger partial charge in [-0.15, -0.1) is 53.6 Å². The van der Waals surface area contributed by atoms with Crippen molar-refractivity contribution in [3.8, 4) is 39.5 Å². The van der Waals surface area contributed by atoms with Crippen molar-refractivity contribution in [3.63, 3.8) is 0 Å². The second-order valence-corrected chi connectivity index (χ2v) is 16.2. The van der Waals surface area contributed by atoms with Gasteiger partial charge in [-0.2, -0.15) is 0 Å². The van der Waals surface area contributed by atoms with E-state index in [-0.39, 0.29) is 37.0 Å². The number of rotatable bonds is 6. The number of imidazole rings is 1. The molecule has 0 fully saturated rings. The van der Waals surface area contributed by atoms with E-state index in [4.69, 9.17) is 17.6 Å². The van der Waals surface area contributed by atoms with Gasteiger partial charge in [-0.3, -0.25) is 4.98 Å². The number of hydrogen-bond acceptors (Lipinski definition) is 3. The van der Waals surface area contributed by atoms with Gasteiger partial charge in [-0.05, 0) is 116 Å². The molecule has 1 radical (unpaired) electrons. The van der Waals surface area contributed by atoms with Gasteiger partial charge in [0.15, 0.2) is 0 Å². The molecule has 0 spiro atoms. The van der Waals surface area contributed by atoms with Crippen LogP contribution in [0.2, 0.25) is 0 Å². The molecule has 11 aromatic rings. The topological polar surface area (TPSA) is 43.9 Å². The fourth-order valence-corrected chi connectivity index (χ4v) is 8.44. The molecule has 0 unspecified atom stereocenters. The van der Waals surface area contributed by atoms with E-state index in [9.17, 15) is 7.13 Å². The van der Waals surface area contributed by atoms with Crippen LogP contribution in [0.15, 0.2) is 162 Å². The van der Waals surface area contributed by atoms with Crippen LogP contribution in [0, 0.1) is 31.7 Å². The summed E-state index contributed by atoms with van der Waals surface area (Å²) in [6.07, 6.45) is 1.30. The molecule has 0 saturated carbocycles. The second kappa shape index (κ2) is 17.4. The van der Waals surface area contributed by atoms with E-state index in [1.807, 2.05) is 64.1 Å². The zero-order valence-corrected chi connectivity index (χ0v) is 37.9. The minimum atomic E-state index is -2.18. The summed E-state index contributed by atoms with van der Waals surface area (Å²) in [5.41, 5.74) is 8.98. The standard InChI is InChI=1S/C45H34FN2O.C13H12N.Ir/c1-26(2)38-23-31(29-18-20-34-30(22-29)17-16-28-10-5-6-11-33(28)34)24-39(27(3)4)43(38)48-41-15-8-7-14-40(41)47-45(48)37-13-9-12-36-35-21-19-32(46)25-42(35)49-44(36)37;1-10-3-6-12(7-4-10)13-8-5-11(2)9-14-13;/h5-12,14-27H,1-4H3;3-6,8-9H,1-2H3;/q2*-1;/i26D,27D;1D3,2D3;. The molecule has 0 bridgehead atoms. The summed E-state index contributed by atoms with van der Waals surface area (Å²) < 4.78 is 85.5. The molecular weight excluding hydrogens is 966 g/mol. The summed E-state index contributed by atoms with van der Waals surface area (Å²) in [6.45, 7) is 3.23. The molecule has 0 amide bonds. The molecule has 3 aromatic heterocycles. The average Bonchev–Trinajstić information content (AvgIpc) is 3.91. The number of furan rings is 1.